The summed E-state index contributed by atoms with van der Waals surface area (Å²) in [5.41, 5.74) is 0. The van der Waals surface area contributed by atoms with Crippen molar-refractivity contribution in [2.24, 2.45) is 0 Å². The minimum absolute atomic E-state index is 0.169. The number of esters is 1. The standard InChI is InChI=1S/C14H13F5O3/c15-9-10(16)12(18)14(13(19)11(9)17)22-8(20)5-4-7-3-1-2-6-21-7/h7H,1-6H2. The normalized spacial score (nSPS) is 18.3. The average Bonchev–Trinajstić information content (AvgIpc) is 2.54. The van der Waals surface area contributed by atoms with E-state index in [9.17, 15) is 26.7 Å². The first kappa shape index (κ1) is 16.7. The fourth-order valence-corrected chi connectivity index (χ4v) is 2.15. The molecule has 2 rings (SSSR count). The van der Waals surface area contributed by atoms with Gasteiger partial charge in [0, 0.05) is 13.0 Å². The molecule has 0 spiro atoms. The van der Waals surface area contributed by atoms with E-state index in [2.05, 4.69) is 4.74 Å². The predicted octanol–water partition coefficient (Wildman–Crippen LogP) is 3.64. The Hall–Kier alpha value is -1.70. The van der Waals surface area contributed by atoms with Gasteiger partial charge in [0.15, 0.2) is 0 Å². The zero-order valence-electron chi connectivity index (χ0n) is 11.4. The summed E-state index contributed by atoms with van der Waals surface area (Å²) in [6.07, 6.45) is 2.45. The van der Waals surface area contributed by atoms with Crippen LogP contribution >= 0.6 is 0 Å². The van der Waals surface area contributed by atoms with Crippen molar-refractivity contribution in [1.82, 2.24) is 0 Å². The Bertz CT molecular complexity index is 541. The maximum Gasteiger partial charge on any atom is 0.311 e. The van der Waals surface area contributed by atoms with Crippen molar-refractivity contribution in [3.8, 4) is 5.75 Å². The van der Waals surface area contributed by atoms with E-state index in [0.29, 0.717) is 6.61 Å². The van der Waals surface area contributed by atoms with Crippen LogP contribution in [0.2, 0.25) is 0 Å². The van der Waals surface area contributed by atoms with Crippen molar-refractivity contribution in [3.05, 3.63) is 29.1 Å². The monoisotopic (exact) mass is 324 g/mol. The van der Waals surface area contributed by atoms with Crippen molar-refractivity contribution in [2.45, 2.75) is 38.2 Å². The third-order valence-corrected chi connectivity index (χ3v) is 3.33. The molecule has 0 aliphatic carbocycles. The van der Waals surface area contributed by atoms with E-state index < -0.39 is 40.8 Å². The Morgan fingerprint density at radius 2 is 1.59 bits per heavy atom. The van der Waals surface area contributed by atoms with E-state index in [1.165, 1.54) is 0 Å². The summed E-state index contributed by atoms with van der Waals surface area (Å²) >= 11 is 0. The number of hydrogen-bond acceptors (Lipinski definition) is 3. The van der Waals surface area contributed by atoms with E-state index in [-0.39, 0.29) is 18.9 Å². The van der Waals surface area contributed by atoms with Crippen LogP contribution in [0.25, 0.3) is 0 Å². The largest absolute Gasteiger partial charge is 0.420 e. The van der Waals surface area contributed by atoms with Crippen molar-refractivity contribution in [3.63, 3.8) is 0 Å². The SMILES string of the molecule is O=C(CCC1CCCCO1)Oc1c(F)c(F)c(F)c(F)c1F. The summed E-state index contributed by atoms with van der Waals surface area (Å²) < 4.78 is 75.1. The van der Waals surface area contributed by atoms with E-state index >= 15 is 0 Å². The third-order valence-electron chi connectivity index (χ3n) is 3.33. The minimum atomic E-state index is -2.30. The fraction of sp³-hybridized carbons (Fsp3) is 0.500. The van der Waals surface area contributed by atoms with Gasteiger partial charge in [0.05, 0.1) is 6.10 Å². The molecule has 22 heavy (non-hydrogen) atoms. The second-order valence-corrected chi connectivity index (χ2v) is 4.90. The van der Waals surface area contributed by atoms with Crippen LogP contribution in [0.5, 0.6) is 5.75 Å². The van der Waals surface area contributed by atoms with Crippen LogP contribution in [0.15, 0.2) is 0 Å². The molecule has 1 fully saturated rings. The first-order valence-corrected chi connectivity index (χ1v) is 6.75. The molecule has 8 heteroatoms. The molecule has 3 nitrogen and oxygen atoms in total. The number of hydrogen-bond donors (Lipinski definition) is 0. The highest BCUT2D eigenvalue weighted by molar-refractivity contribution is 5.72. The molecule has 1 aromatic carbocycles. The molecule has 1 aromatic rings. The van der Waals surface area contributed by atoms with Gasteiger partial charge in [-0.2, -0.15) is 8.78 Å². The van der Waals surface area contributed by atoms with E-state index in [4.69, 9.17) is 4.74 Å². The number of halogens is 5. The highest BCUT2D eigenvalue weighted by atomic mass is 19.2. The maximum atomic E-state index is 13.3. The molecule has 1 aliphatic heterocycles. The lowest BCUT2D eigenvalue weighted by Gasteiger charge is -2.21. The summed E-state index contributed by atoms with van der Waals surface area (Å²) in [7, 11) is 0. The van der Waals surface area contributed by atoms with Gasteiger partial charge in [-0.25, -0.2) is 13.2 Å². The zero-order valence-corrected chi connectivity index (χ0v) is 11.4. The first-order valence-electron chi connectivity index (χ1n) is 6.75. The predicted molar refractivity (Wildman–Crippen MR) is 64.7 cm³/mol. The Kier molecular flexibility index (Phi) is 5.33. The van der Waals surface area contributed by atoms with Crippen molar-refractivity contribution in [1.29, 1.82) is 0 Å². The van der Waals surface area contributed by atoms with Crippen LogP contribution in [0, 0.1) is 29.1 Å². The molecule has 1 atom stereocenters. The van der Waals surface area contributed by atoms with E-state index in [0.717, 1.165) is 19.3 Å². The Labute approximate surface area is 123 Å². The lowest BCUT2D eigenvalue weighted by atomic mass is 10.0. The van der Waals surface area contributed by atoms with Crippen molar-refractivity contribution >= 4 is 5.97 Å². The molecular weight excluding hydrogens is 311 g/mol. The van der Waals surface area contributed by atoms with Crippen molar-refractivity contribution in [2.75, 3.05) is 6.61 Å². The summed E-state index contributed by atoms with van der Waals surface area (Å²) in [6, 6.07) is 0. The summed E-state index contributed by atoms with van der Waals surface area (Å²) in [6.45, 7) is 0.567. The fourth-order valence-electron chi connectivity index (χ4n) is 2.15. The van der Waals surface area contributed by atoms with Crippen LogP contribution < -0.4 is 4.74 Å². The zero-order chi connectivity index (χ0) is 16.3. The topological polar surface area (TPSA) is 35.5 Å². The van der Waals surface area contributed by atoms with Gasteiger partial charge in [-0.1, -0.05) is 0 Å². The molecular formula is C14H13F5O3. The van der Waals surface area contributed by atoms with Crippen LogP contribution in [-0.4, -0.2) is 18.7 Å². The van der Waals surface area contributed by atoms with E-state index in [1.807, 2.05) is 0 Å². The van der Waals surface area contributed by atoms with Crippen molar-refractivity contribution < 1.29 is 36.2 Å². The smallest absolute Gasteiger partial charge is 0.311 e. The Morgan fingerprint density at radius 1 is 1.00 bits per heavy atom. The number of ether oxygens (including phenoxy) is 2. The quantitative estimate of drug-likeness (QED) is 0.279. The van der Waals surface area contributed by atoms with Gasteiger partial charge in [-0.3, -0.25) is 4.79 Å². The van der Waals surface area contributed by atoms with Crippen LogP contribution in [-0.2, 0) is 9.53 Å². The second kappa shape index (κ2) is 7.04. The number of rotatable bonds is 4. The minimum Gasteiger partial charge on any atom is -0.420 e. The lowest BCUT2D eigenvalue weighted by Crippen LogP contribution is -2.21. The molecule has 0 radical (unpaired) electrons. The van der Waals surface area contributed by atoms with E-state index in [1.54, 1.807) is 0 Å². The molecule has 1 heterocycles. The van der Waals surface area contributed by atoms with Gasteiger partial charge >= 0.3 is 5.97 Å². The molecule has 1 unspecified atom stereocenters. The molecule has 1 saturated heterocycles. The molecule has 0 saturated carbocycles. The van der Waals surface area contributed by atoms with Gasteiger partial charge in [0.25, 0.3) is 0 Å². The highest BCUT2D eigenvalue weighted by Crippen LogP contribution is 2.29. The van der Waals surface area contributed by atoms with Crippen LogP contribution in [0.1, 0.15) is 32.1 Å². The molecule has 0 amide bonds. The first-order chi connectivity index (χ1) is 10.4. The van der Waals surface area contributed by atoms with Gasteiger partial charge in [0.1, 0.15) is 0 Å². The van der Waals surface area contributed by atoms with Gasteiger partial charge in [-0.05, 0) is 25.7 Å². The summed E-state index contributed by atoms with van der Waals surface area (Å²) in [4.78, 5) is 11.5. The molecule has 0 bridgehead atoms. The highest BCUT2D eigenvalue weighted by Gasteiger charge is 2.28. The molecule has 0 aromatic heterocycles. The Morgan fingerprint density at radius 3 is 2.14 bits per heavy atom. The van der Waals surface area contributed by atoms with Crippen LogP contribution in [0.4, 0.5) is 22.0 Å². The lowest BCUT2D eigenvalue weighted by molar-refractivity contribution is -0.135. The van der Waals surface area contributed by atoms with Gasteiger partial charge in [0.2, 0.25) is 34.8 Å². The number of benzene rings is 1. The van der Waals surface area contributed by atoms with Gasteiger partial charge < -0.3 is 9.47 Å². The Balaban J connectivity index is 2.02. The maximum absolute atomic E-state index is 13.3. The molecule has 0 N–H and O–H groups in total. The summed E-state index contributed by atoms with van der Waals surface area (Å²) in [5, 5.41) is 0. The number of carbonyl (C=O) groups is 1. The molecule has 1 aliphatic rings. The summed E-state index contributed by atoms with van der Waals surface area (Å²) in [5.74, 6) is -13.6. The average molecular weight is 324 g/mol. The van der Waals surface area contributed by atoms with Gasteiger partial charge in [-0.15, -0.1) is 0 Å². The third kappa shape index (κ3) is 3.55. The number of carbonyl (C=O) groups excluding carboxylic acids is 1. The molecule has 122 valence electrons. The van der Waals surface area contributed by atoms with Crippen LogP contribution in [0.3, 0.4) is 0 Å². The second-order valence-electron chi connectivity index (χ2n) is 4.90.